The summed E-state index contributed by atoms with van der Waals surface area (Å²) in [5.41, 5.74) is 1.37. The van der Waals surface area contributed by atoms with E-state index in [0.717, 1.165) is 24.0 Å². The molecule has 5 nitrogen and oxygen atoms in total. The van der Waals surface area contributed by atoms with Gasteiger partial charge in [0.2, 0.25) is 5.82 Å². The van der Waals surface area contributed by atoms with Gasteiger partial charge in [0.15, 0.2) is 5.78 Å². The minimum atomic E-state index is -2.79. The Hall–Kier alpha value is -2.15. The number of rotatable bonds is 5. The predicted molar refractivity (Wildman–Crippen MR) is 81.7 cm³/mol. The summed E-state index contributed by atoms with van der Waals surface area (Å²) >= 11 is 0. The second-order valence-electron chi connectivity index (χ2n) is 6.59. The maximum absolute atomic E-state index is 12.5. The van der Waals surface area contributed by atoms with Crippen LogP contribution in [-0.4, -0.2) is 26.6 Å². The molecule has 2 aromatic rings. The Morgan fingerprint density at radius 2 is 2.21 bits per heavy atom. The van der Waals surface area contributed by atoms with E-state index in [0.29, 0.717) is 5.56 Å². The molecule has 0 amide bonds. The molecule has 7 heteroatoms. The molecule has 1 N–H and O–H groups in total. The molecule has 1 aromatic heterocycles. The summed E-state index contributed by atoms with van der Waals surface area (Å²) in [5, 5.41) is 13.4. The summed E-state index contributed by atoms with van der Waals surface area (Å²) < 4.78 is 29.6. The number of nitrogens with zero attached hydrogens (tertiary/aromatic N) is 2. The highest BCUT2D eigenvalue weighted by Gasteiger charge is 2.31. The molecular weight excluding hydrogens is 318 g/mol. The fraction of sp³-hybridized carbons (Fsp3) is 0.471. The summed E-state index contributed by atoms with van der Waals surface area (Å²) in [6, 6.07) is 5.47. The molecule has 3 rings (SSSR count). The zero-order valence-electron chi connectivity index (χ0n) is 13.4. The number of alkyl halides is 2. The Balaban J connectivity index is 1.81. The van der Waals surface area contributed by atoms with Gasteiger partial charge in [0.1, 0.15) is 5.60 Å². The molecule has 0 saturated heterocycles. The normalized spacial score (nSPS) is 17.3. The first-order valence-electron chi connectivity index (χ1n) is 7.76. The average Bonchev–Trinajstić information content (AvgIpc) is 3.13. The predicted octanol–water partition coefficient (Wildman–Crippen LogP) is 3.43. The maximum Gasteiger partial charge on any atom is 0.315 e. The van der Waals surface area contributed by atoms with Crippen molar-refractivity contribution in [3.05, 3.63) is 35.2 Å². The lowest BCUT2D eigenvalue weighted by atomic mass is 9.89. The second-order valence-corrected chi connectivity index (χ2v) is 6.59. The van der Waals surface area contributed by atoms with Crippen LogP contribution < -0.4 is 0 Å². The third-order valence-corrected chi connectivity index (χ3v) is 4.35. The molecule has 1 aromatic carbocycles. The zero-order valence-corrected chi connectivity index (χ0v) is 13.4. The number of benzene rings is 1. The van der Waals surface area contributed by atoms with Crippen molar-refractivity contribution in [2.75, 3.05) is 0 Å². The van der Waals surface area contributed by atoms with Gasteiger partial charge in [0, 0.05) is 12.0 Å². The molecule has 1 aliphatic carbocycles. The SMILES string of the molecule is CC(C)(O)C(=O)C[C@@H]1CCc2cc(-c3noc(C(F)F)n3)ccc21. The van der Waals surface area contributed by atoms with E-state index in [1.807, 2.05) is 12.1 Å². The van der Waals surface area contributed by atoms with Crippen LogP contribution in [0.2, 0.25) is 0 Å². The molecule has 1 heterocycles. The van der Waals surface area contributed by atoms with Gasteiger partial charge in [-0.2, -0.15) is 13.8 Å². The number of Topliss-reactive ketones (excluding diaryl/α,β-unsaturated/α-hetero) is 1. The fourth-order valence-electron chi connectivity index (χ4n) is 2.97. The van der Waals surface area contributed by atoms with E-state index in [1.54, 1.807) is 6.07 Å². The van der Waals surface area contributed by atoms with E-state index in [4.69, 9.17) is 0 Å². The molecule has 24 heavy (non-hydrogen) atoms. The number of hydrogen-bond acceptors (Lipinski definition) is 5. The molecule has 128 valence electrons. The average molecular weight is 336 g/mol. The lowest BCUT2D eigenvalue weighted by molar-refractivity contribution is -0.134. The highest BCUT2D eigenvalue weighted by molar-refractivity contribution is 5.87. The van der Waals surface area contributed by atoms with Crippen molar-refractivity contribution >= 4 is 5.78 Å². The lowest BCUT2D eigenvalue weighted by Crippen LogP contribution is -2.31. The van der Waals surface area contributed by atoms with Crippen LogP contribution in [0, 0.1) is 0 Å². The van der Waals surface area contributed by atoms with Gasteiger partial charge in [-0.3, -0.25) is 4.79 Å². The molecular formula is C17H18F2N2O3. The molecule has 1 atom stereocenters. The number of aliphatic hydroxyl groups is 1. The molecule has 0 saturated carbocycles. The number of carbonyl (C=O) groups is 1. The number of halogens is 2. The first kappa shape index (κ1) is 16.7. The zero-order chi connectivity index (χ0) is 17.5. The van der Waals surface area contributed by atoms with Crippen LogP contribution in [-0.2, 0) is 11.2 Å². The van der Waals surface area contributed by atoms with E-state index in [1.165, 1.54) is 13.8 Å². The molecule has 0 bridgehead atoms. The minimum Gasteiger partial charge on any atom is -0.383 e. The molecule has 0 radical (unpaired) electrons. The number of hydrogen-bond donors (Lipinski definition) is 1. The number of aryl methyl sites for hydroxylation is 1. The fourth-order valence-corrected chi connectivity index (χ4v) is 2.97. The Morgan fingerprint density at radius 1 is 1.46 bits per heavy atom. The van der Waals surface area contributed by atoms with Crippen LogP contribution in [0.25, 0.3) is 11.4 Å². The highest BCUT2D eigenvalue weighted by Crippen LogP contribution is 2.38. The molecule has 0 fully saturated rings. The van der Waals surface area contributed by atoms with E-state index in [-0.39, 0.29) is 23.9 Å². The van der Waals surface area contributed by atoms with Crippen molar-refractivity contribution in [3.63, 3.8) is 0 Å². The van der Waals surface area contributed by atoms with Crippen LogP contribution in [0.4, 0.5) is 8.78 Å². The Kier molecular flexibility index (Phi) is 4.21. The summed E-state index contributed by atoms with van der Waals surface area (Å²) in [4.78, 5) is 15.7. The van der Waals surface area contributed by atoms with Crippen molar-refractivity contribution in [1.82, 2.24) is 10.1 Å². The van der Waals surface area contributed by atoms with Crippen molar-refractivity contribution in [2.24, 2.45) is 0 Å². The van der Waals surface area contributed by atoms with Crippen LogP contribution in [0.15, 0.2) is 22.7 Å². The minimum absolute atomic E-state index is 0.0647. The third kappa shape index (κ3) is 3.21. The topological polar surface area (TPSA) is 76.2 Å². The molecule has 0 aliphatic heterocycles. The number of fused-ring (bicyclic) bond motifs is 1. The van der Waals surface area contributed by atoms with Crippen LogP contribution in [0.3, 0.4) is 0 Å². The quantitative estimate of drug-likeness (QED) is 0.905. The number of ketones is 1. The smallest absolute Gasteiger partial charge is 0.315 e. The van der Waals surface area contributed by atoms with Crippen molar-refractivity contribution < 1.29 is 23.2 Å². The van der Waals surface area contributed by atoms with Gasteiger partial charge >= 0.3 is 6.43 Å². The van der Waals surface area contributed by atoms with Crippen molar-refractivity contribution in [3.8, 4) is 11.4 Å². The largest absolute Gasteiger partial charge is 0.383 e. The van der Waals surface area contributed by atoms with E-state index in [9.17, 15) is 18.7 Å². The molecule has 0 spiro atoms. The maximum atomic E-state index is 12.5. The van der Waals surface area contributed by atoms with Crippen LogP contribution >= 0.6 is 0 Å². The molecule has 1 aliphatic rings. The van der Waals surface area contributed by atoms with Crippen molar-refractivity contribution in [1.29, 1.82) is 0 Å². The van der Waals surface area contributed by atoms with E-state index < -0.39 is 17.9 Å². The van der Waals surface area contributed by atoms with Gasteiger partial charge in [0.05, 0.1) is 0 Å². The van der Waals surface area contributed by atoms with Gasteiger partial charge in [-0.25, -0.2) is 0 Å². The van der Waals surface area contributed by atoms with Gasteiger partial charge in [-0.15, -0.1) is 0 Å². The number of aromatic nitrogens is 2. The monoisotopic (exact) mass is 336 g/mol. The third-order valence-electron chi connectivity index (χ3n) is 4.35. The standard InChI is InChI=1S/C17H18F2N2O3/c1-17(2,23)13(22)8-10-4-3-9-7-11(5-6-12(9)10)15-20-16(14(18)19)24-21-15/h5-7,10,14,23H,3-4,8H2,1-2H3/t10-/m0/s1. The van der Waals surface area contributed by atoms with Gasteiger partial charge in [0.25, 0.3) is 5.89 Å². The molecule has 0 unspecified atom stereocenters. The first-order chi connectivity index (χ1) is 11.3. The summed E-state index contributed by atoms with van der Waals surface area (Å²) in [6.45, 7) is 2.98. The Bertz CT molecular complexity index is 765. The van der Waals surface area contributed by atoms with Gasteiger partial charge < -0.3 is 9.63 Å². The Labute approximate surface area is 137 Å². The second kappa shape index (κ2) is 6.05. The highest BCUT2D eigenvalue weighted by atomic mass is 19.3. The van der Waals surface area contributed by atoms with Gasteiger partial charge in [-0.1, -0.05) is 17.3 Å². The lowest BCUT2D eigenvalue weighted by Gasteiger charge is -2.19. The van der Waals surface area contributed by atoms with Crippen LogP contribution in [0.5, 0.6) is 0 Å². The summed E-state index contributed by atoms with van der Waals surface area (Å²) in [6.07, 6.45) is -0.909. The van der Waals surface area contributed by atoms with Crippen molar-refractivity contribution in [2.45, 2.75) is 51.1 Å². The summed E-state index contributed by atoms with van der Waals surface area (Å²) in [7, 11) is 0. The van der Waals surface area contributed by atoms with Crippen LogP contribution in [0.1, 0.15) is 56.1 Å². The number of carbonyl (C=O) groups excluding carboxylic acids is 1. The van der Waals surface area contributed by atoms with E-state index in [2.05, 4.69) is 14.7 Å². The summed E-state index contributed by atoms with van der Waals surface area (Å²) in [5.74, 6) is -0.692. The first-order valence-corrected chi connectivity index (χ1v) is 7.76. The van der Waals surface area contributed by atoms with Gasteiger partial charge in [-0.05, 0) is 49.8 Å². The van der Waals surface area contributed by atoms with E-state index >= 15 is 0 Å². The Morgan fingerprint density at radius 3 is 2.83 bits per heavy atom.